The lowest BCUT2D eigenvalue weighted by Crippen LogP contribution is -2.34. The molecule has 23 heavy (non-hydrogen) atoms. The third kappa shape index (κ3) is 3.58. The minimum Gasteiger partial charge on any atom is -0.396 e. The summed E-state index contributed by atoms with van der Waals surface area (Å²) < 4.78 is 37.6. The van der Waals surface area contributed by atoms with E-state index in [0.717, 1.165) is 17.7 Å². The van der Waals surface area contributed by atoms with Gasteiger partial charge in [0.1, 0.15) is 0 Å². The maximum Gasteiger partial charge on any atom is 0.416 e. The van der Waals surface area contributed by atoms with Crippen LogP contribution in [0.5, 0.6) is 0 Å². The van der Waals surface area contributed by atoms with Crippen LogP contribution in [0.15, 0.2) is 36.4 Å². The van der Waals surface area contributed by atoms with Crippen molar-refractivity contribution in [2.24, 2.45) is 11.8 Å². The van der Waals surface area contributed by atoms with Crippen LogP contribution < -0.4 is 5.32 Å². The highest BCUT2D eigenvalue weighted by Crippen LogP contribution is 2.48. The van der Waals surface area contributed by atoms with Gasteiger partial charge in [0.15, 0.2) is 0 Å². The fraction of sp³-hybridized carbons (Fsp3) is 0.471. The molecule has 0 aliphatic heterocycles. The van der Waals surface area contributed by atoms with Crippen LogP contribution in [-0.2, 0) is 11.0 Å². The number of hydrogen-bond donors (Lipinski definition) is 2. The lowest BCUT2D eigenvalue weighted by molar-refractivity contribution is -0.137. The van der Waals surface area contributed by atoms with Crippen LogP contribution in [0.4, 0.5) is 13.2 Å². The molecular weight excluding hydrogens is 307 g/mol. The average molecular weight is 325 g/mol. The summed E-state index contributed by atoms with van der Waals surface area (Å²) in [5.74, 6) is -0.155. The Morgan fingerprint density at radius 2 is 1.87 bits per heavy atom. The fourth-order valence-corrected chi connectivity index (χ4v) is 3.08. The van der Waals surface area contributed by atoms with Crippen LogP contribution in [-0.4, -0.2) is 23.7 Å². The highest BCUT2D eigenvalue weighted by Gasteiger charge is 2.44. The first-order chi connectivity index (χ1) is 10.9. The Kier molecular flexibility index (Phi) is 4.19. The van der Waals surface area contributed by atoms with Crippen LogP contribution in [0.2, 0.25) is 0 Å². The number of rotatable bonds is 4. The summed E-state index contributed by atoms with van der Waals surface area (Å²) in [7, 11) is 0. The monoisotopic (exact) mass is 325 g/mol. The zero-order chi connectivity index (χ0) is 16.6. The van der Waals surface area contributed by atoms with E-state index in [2.05, 4.69) is 5.32 Å². The average Bonchev–Trinajstić information content (AvgIpc) is 3.20. The van der Waals surface area contributed by atoms with Crippen molar-refractivity contribution in [2.45, 2.75) is 31.0 Å². The molecule has 2 aliphatic carbocycles. The molecule has 3 rings (SSSR count). The van der Waals surface area contributed by atoms with E-state index in [9.17, 15) is 18.0 Å². The number of carbonyl (C=O) groups excluding carboxylic acids is 1. The number of benzene rings is 1. The van der Waals surface area contributed by atoms with Crippen molar-refractivity contribution in [3.05, 3.63) is 47.5 Å². The van der Waals surface area contributed by atoms with E-state index in [0.29, 0.717) is 12.8 Å². The molecule has 0 aromatic heterocycles. The molecule has 0 spiro atoms. The quantitative estimate of drug-likeness (QED) is 0.837. The lowest BCUT2D eigenvalue weighted by Gasteiger charge is -2.13. The summed E-state index contributed by atoms with van der Waals surface area (Å²) in [5.41, 5.74) is 0.0994. The standard InChI is InChI=1S/C17H18F3NO2/c18-17(19,20)12-4-2-11(3-5-12)14-8-15(14)16(23)21-13-6-1-10(7-13)9-22/h1-6,10,13-15,22H,7-9H2,(H,21,23)/t10-,13+,14?,15?/m0/s1. The van der Waals surface area contributed by atoms with Crippen LogP contribution in [0.25, 0.3) is 0 Å². The lowest BCUT2D eigenvalue weighted by atomic mass is 10.1. The van der Waals surface area contributed by atoms with Gasteiger partial charge < -0.3 is 10.4 Å². The summed E-state index contributed by atoms with van der Waals surface area (Å²) in [6.45, 7) is 0.0699. The molecular formula is C17H18F3NO2. The van der Waals surface area contributed by atoms with Crippen LogP contribution >= 0.6 is 0 Å². The largest absolute Gasteiger partial charge is 0.416 e. The van der Waals surface area contributed by atoms with Crippen LogP contribution in [0, 0.1) is 11.8 Å². The zero-order valence-corrected chi connectivity index (χ0v) is 12.4. The number of halogens is 3. The molecule has 4 atom stereocenters. The van der Waals surface area contributed by atoms with Crippen molar-refractivity contribution in [3.63, 3.8) is 0 Å². The minimum atomic E-state index is -4.34. The van der Waals surface area contributed by atoms with Gasteiger partial charge in [0, 0.05) is 24.5 Å². The molecule has 0 heterocycles. The molecule has 1 amide bonds. The molecule has 2 unspecified atom stereocenters. The smallest absolute Gasteiger partial charge is 0.396 e. The predicted octanol–water partition coefficient (Wildman–Crippen LogP) is 2.86. The van der Waals surface area contributed by atoms with E-state index in [1.807, 2.05) is 12.2 Å². The molecule has 0 radical (unpaired) electrons. The second-order valence-corrected chi connectivity index (χ2v) is 6.25. The number of nitrogens with one attached hydrogen (secondary N) is 1. The molecule has 1 fully saturated rings. The SMILES string of the molecule is O=C(N[C@@H]1C=C[C@H](CO)C1)C1CC1c1ccc(C(F)(F)F)cc1. The second-order valence-electron chi connectivity index (χ2n) is 6.25. The van der Waals surface area contributed by atoms with Gasteiger partial charge in [-0.1, -0.05) is 24.3 Å². The van der Waals surface area contributed by atoms with Crippen LogP contribution in [0.1, 0.15) is 29.9 Å². The number of hydrogen-bond acceptors (Lipinski definition) is 2. The molecule has 2 N–H and O–H groups in total. The third-order valence-electron chi connectivity index (χ3n) is 4.53. The van der Waals surface area contributed by atoms with Gasteiger partial charge in [-0.25, -0.2) is 0 Å². The number of alkyl halides is 3. The van der Waals surface area contributed by atoms with Crippen molar-refractivity contribution in [1.82, 2.24) is 5.32 Å². The van der Waals surface area contributed by atoms with E-state index in [1.165, 1.54) is 12.1 Å². The van der Waals surface area contributed by atoms with E-state index in [-0.39, 0.29) is 36.3 Å². The van der Waals surface area contributed by atoms with Crippen molar-refractivity contribution in [3.8, 4) is 0 Å². The van der Waals surface area contributed by atoms with Gasteiger partial charge in [0.2, 0.25) is 5.91 Å². The molecule has 2 aliphatic rings. The van der Waals surface area contributed by atoms with Gasteiger partial charge in [-0.2, -0.15) is 13.2 Å². The van der Waals surface area contributed by atoms with Crippen molar-refractivity contribution < 1.29 is 23.1 Å². The summed E-state index contributed by atoms with van der Waals surface area (Å²) in [4.78, 5) is 12.2. The molecule has 0 saturated heterocycles. The highest BCUT2D eigenvalue weighted by molar-refractivity contribution is 5.83. The van der Waals surface area contributed by atoms with Crippen LogP contribution in [0.3, 0.4) is 0 Å². The molecule has 1 aromatic carbocycles. The first-order valence-corrected chi connectivity index (χ1v) is 7.65. The highest BCUT2D eigenvalue weighted by atomic mass is 19.4. The van der Waals surface area contributed by atoms with Gasteiger partial charge in [-0.15, -0.1) is 0 Å². The first kappa shape index (κ1) is 16.1. The molecule has 3 nitrogen and oxygen atoms in total. The fourth-order valence-electron chi connectivity index (χ4n) is 3.08. The van der Waals surface area contributed by atoms with Gasteiger partial charge >= 0.3 is 6.18 Å². The van der Waals surface area contributed by atoms with Gasteiger partial charge in [-0.3, -0.25) is 4.79 Å². The Morgan fingerprint density at radius 1 is 1.17 bits per heavy atom. The first-order valence-electron chi connectivity index (χ1n) is 7.65. The third-order valence-corrected chi connectivity index (χ3v) is 4.53. The van der Waals surface area contributed by atoms with Gasteiger partial charge in [0.05, 0.1) is 5.56 Å². The molecule has 1 aromatic rings. The normalized spacial score (nSPS) is 29.6. The molecule has 0 bridgehead atoms. The predicted molar refractivity (Wildman–Crippen MR) is 78.6 cm³/mol. The number of aliphatic hydroxyl groups excluding tert-OH is 1. The Morgan fingerprint density at radius 3 is 2.43 bits per heavy atom. The van der Waals surface area contributed by atoms with E-state index in [4.69, 9.17) is 5.11 Å². The van der Waals surface area contributed by atoms with E-state index >= 15 is 0 Å². The Balaban J connectivity index is 1.55. The summed E-state index contributed by atoms with van der Waals surface area (Å²) in [5, 5.41) is 12.0. The Hall–Kier alpha value is -1.82. The summed E-state index contributed by atoms with van der Waals surface area (Å²) >= 11 is 0. The van der Waals surface area contributed by atoms with Gasteiger partial charge in [-0.05, 0) is 36.5 Å². The minimum absolute atomic E-state index is 0.00342. The molecule has 6 heteroatoms. The van der Waals surface area contributed by atoms with E-state index in [1.54, 1.807) is 0 Å². The molecule has 124 valence electrons. The molecule has 1 saturated carbocycles. The summed E-state index contributed by atoms with van der Waals surface area (Å²) in [6, 6.07) is 4.98. The topological polar surface area (TPSA) is 49.3 Å². The van der Waals surface area contributed by atoms with Gasteiger partial charge in [0.25, 0.3) is 0 Å². The second kappa shape index (κ2) is 6.00. The maximum absolute atomic E-state index is 12.5. The number of amides is 1. The van der Waals surface area contributed by atoms with Crippen molar-refractivity contribution >= 4 is 5.91 Å². The summed E-state index contributed by atoms with van der Waals surface area (Å²) in [6.07, 6.45) is 0.799. The maximum atomic E-state index is 12.5. The van der Waals surface area contributed by atoms with Crippen molar-refractivity contribution in [2.75, 3.05) is 6.61 Å². The number of aliphatic hydroxyl groups is 1. The Labute approximate surface area is 132 Å². The van der Waals surface area contributed by atoms with Crippen molar-refractivity contribution in [1.29, 1.82) is 0 Å². The number of carbonyl (C=O) groups is 1. The zero-order valence-electron chi connectivity index (χ0n) is 12.4. The van der Waals surface area contributed by atoms with E-state index < -0.39 is 11.7 Å². The Bertz CT molecular complexity index is 609.